The molecule has 0 radical (unpaired) electrons. The fourth-order valence-corrected chi connectivity index (χ4v) is 4.10. The molecule has 1 fully saturated rings. The minimum absolute atomic E-state index is 0.0851. The summed E-state index contributed by atoms with van der Waals surface area (Å²) >= 11 is 5.35. The van der Waals surface area contributed by atoms with Crippen molar-refractivity contribution in [2.75, 3.05) is 0 Å². The van der Waals surface area contributed by atoms with Crippen LogP contribution in [0.15, 0.2) is 15.9 Å². The summed E-state index contributed by atoms with van der Waals surface area (Å²) in [7, 11) is 0. The highest BCUT2D eigenvalue weighted by Gasteiger charge is 2.37. The Morgan fingerprint density at radius 2 is 2.10 bits per heavy atom. The summed E-state index contributed by atoms with van der Waals surface area (Å²) in [6, 6.07) is 4.94. The van der Waals surface area contributed by atoms with Crippen LogP contribution in [0, 0.1) is 0 Å². The van der Waals surface area contributed by atoms with E-state index in [1.165, 1.54) is 21.5 Å². The predicted molar refractivity (Wildman–Crippen MR) is 86.4 cm³/mol. The standard InChI is InChI=1S/C15H20BrN3S/c1-4-5-13-17-18-14(19(13)10-6-7-10)15(2,3)11-8-9-12(16)20-11/h8-10H,4-7H2,1-3H3. The van der Waals surface area contributed by atoms with Crippen LogP contribution >= 0.6 is 27.3 Å². The van der Waals surface area contributed by atoms with Gasteiger partial charge in [-0.25, -0.2) is 0 Å². The molecule has 0 N–H and O–H groups in total. The Morgan fingerprint density at radius 3 is 2.65 bits per heavy atom. The molecular weight excluding hydrogens is 334 g/mol. The normalized spacial score (nSPS) is 15.8. The first-order chi connectivity index (χ1) is 9.54. The highest BCUT2D eigenvalue weighted by Crippen LogP contribution is 2.43. The number of hydrogen-bond donors (Lipinski definition) is 0. The summed E-state index contributed by atoms with van der Waals surface area (Å²) in [5.41, 5.74) is -0.0851. The summed E-state index contributed by atoms with van der Waals surface area (Å²) in [5, 5.41) is 9.03. The summed E-state index contributed by atoms with van der Waals surface area (Å²) in [5.74, 6) is 2.28. The minimum Gasteiger partial charge on any atom is -0.311 e. The summed E-state index contributed by atoms with van der Waals surface area (Å²) in [6.45, 7) is 6.71. The first-order valence-corrected chi connectivity index (χ1v) is 8.85. The lowest BCUT2D eigenvalue weighted by atomic mass is 9.90. The Hall–Kier alpha value is -0.680. The van der Waals surface area contributed by atoms with Crippen molar-refractivity contribution in [2.24, 2.45) is 0 Å². The van der Waals surface area contributed by atoms with Crippen LogP contribution in [0.2, 0.25) is 0 Å². The fourth-order valence-electron chi connectivity index (χ4n) is 2.62. The van der Waals surface area contributed by atoms with Crippen LogP contribution in [0.5, 0.6) is 0 Å². The van der Waals surface area contributed by atoms with Crippen molar-refractivity contribution >= 4 is 27.3 Å². The first-order valence-electron chi connectivity index (χ1n) is 7.24. The van der Waals surface area contributed by atoms with E-state index >= 15 is 0 Å². The van der Waals surface area contributed by atoms with Gasteiger partial charge in [0.15, 0.2) is 0 Å². The predicted octanol–water partition coefficient (Wildman–Crippen LogP) is 4.72. The zero-order valence-corrected chi connectivity index (χ0v) is 14.6. The Labute approximate surface area is 132 Å². The van der Waals surface area contributed by atoms with Crippen molar-refractivity contribution in [2.45, 2.75) is 57.9 Å². The molecule has 2 aromatic heterocycles. The largest absolute Gasteiger partial charge is 0.311 e. The van der Waals surface area contributed by atoms with E-state index in [4.69, 9.17) is 0 Å². The van der Waals surface area contributed by atoms with Gasteiger partial charge in [0.05, 0.1) is 9.20 Å². The summed E-state index contributed by atoms with van der Waals surface area (Å²) in [4.78, 5) is 1.33. The lowest BCUT2D eigenvalue weighted by Gasteiger charge is -2.23. The second-order valence-corrected chi connectivity index (χ2v) is 8.48. The van der Waals surface area contributed by atoms with Crippen LogP contribution in [0.3, 0.4) is 0 Å². The molecule has 0 unspecified atom stereocenters. The lowest BCUT2D eigenvalue weighted by molar-refractivity contribution is 0.532. The first kappa shape index (κ1) is 14.3. The highest BCUT2D eigenvalue weighted by atomic mass is 79.9. The van der Waals surface area contributed by atoms with Crippen LogP contribution in [0.1, 0.15) is 62.6 Å². The van der Waals surface area contributed by atoms with Gasteiger partial charge in [-0.15, -0.1) is 21.5 Å². The zero-order chi connectivity index (χ0) is 14.3. The van der Waals surface area contributed by atoms with Gasteiger partial charge in [0.25, 0.3) is 0 Å². The molecule has 108 valence electrons. The summed E-state index contributed by atoms with van der Waals surface area (Å²) in [6.07, 6.45) is 4.68. The number of aromatic nitrogens is 3. The lowest BCUT2D eigenvalue weighted by Crippen LogP contribution is -2.24. The number of thiophene rings is 1. The third-order valence-corrected chi connectivity index (χ3v) is 5.85. The van der Waals surface area contributed by atoms with Gasteiger partial charge >= 0.3 is 0 Å². The molecule has 1 aliphatic rings. The minimum atomic E-state index is -0.0851. The van der Waals surface area contributed by atoms with E-state index in [-0.39, 0.29) is 5.41 Å². The van der Waals surface area contributed by atoms with E-state index in [1.54, 1.807) is 11.3 Å². The molecule has 0 bridgehead atoms. The van der Waals surface area contributed by atoms with E-state index in [0.717, 1.165) is 24.5 Å². The number of halogens is 1. The molecule has 0 amide bonds. The second kappa shape index (κ2) is 5.26. The van der Waals surface area contributed by atoms with E-state index < -0.39 is 0 Å². The zero-order valence-electron chi connectivity index (χ0n) is 12.2. The molecule has 0 atom stereocenters. The SMILES string of the molecule is CCCc1nnc(C(C)(C)c2ccc(Br)s2)n1C1CC1. The van der Waals surface area contributed by atoms with Gasteiger partial charge in [0, 0.05) is 17.3 Å². The van der Waals surface area contributed by atoms with Gasteiger partial charge in [0.1, 0.15) is 11.6 Å². The molecule has 1 saturated carbocycles. The molecule has 1 aliphatic carbocycles. The van der Waals surface area contributed by atoms with E-state index in [2.05, 4.69) is 63.6 Å². The molecule has 5 heteroatoms. The van der Waals surface area contributed by atoms with Crippen molar-refractivity contribution in [3.63, 3.8) is 0 Å². The quantitative estimate of drug-likeness (QED) is 0.778. The molecule has 3 rings (SSSR count). The van der Waals surface area contributed by atoms with Crippen LogP contribution in [0.25, 0.3) is 0 Å². The van der Waals surface area contributed by atoms with Crippen molar-refractivity contribution in [1.29, 1.82) is 0 Å². The van der Waals surface area contributed by atoms with E-state index in [1.807, 2.05) is 0 Å². The Kier molecular flexibility index (Phi) is 3.75. The van der Waals surface area contributed by atoms with Gasteiger partial charge in [-0.3, -0.25) is 0 Å². The number of hydrogen-bond acceptors (Lipinski definition) is 3. The maximum Gasteiger partial charge on any atom is 0.144 e. The topological polar surface area (TPSA) is 30.7 Å². The number of nitrogens with zero attached hydrogens (tertiary/aromatic N) is 3. The molecule has 2 heterocycles. The Bertz CT molecular complexity index is 610. The number of aryl methyl sites for hydroxylation is 1. The Balaban J connectivity index is 2.04. The second-order valence-electron chi connectivity index (χ2n) is 6.02. The van der Waals surface area contributed by atoms with E-state index in [9.17, 15) is 0 Å². The third kappa shape index (κ3) is 2.46. The number of rotatable bonds is 5. The molecule has 0 aromatic carbocycles. The molecule has 0 spiro atoms. The highest BCUT2D eigenvalue weighted by molar-refractivity contribution is 9.11. The fraction of sp³-hybridized carbons (Fsp3) is 0.600. The molecular formula is C15H20BrN3S. The summed E-state index contributed by atoms with van der Waals surface area (Å²) < 4.78 is 3.59. The third-order valence-electron chi connectivity index (χ3n) is 3.90. The monoisotopic (exact) mass is 353 g/mol. The molecule has 2 aromatic rings. The smallest absolute Gasteiger partial charge is 0.144 e. The van der Waals surface area contributed by atoms with Crippen molar-refractivity contribution in [3.05, 3.63) is 32.4 Å². The average Bonchev–Trinajstić information content (AvgIpc) is 2.99. The van der Waals surface area contributed by atoms with Crippen LogP contribution in [-0.4, -0.2) is 14.8 Å². The van der Waals surface area contributed by atoms with Gasteiger partial charge in [-0.05, 0) is 61.2 Å². The maximum atomic E-state index is 4.56. The van der Waals surface area contributed by atoms with Crippen LogP contribution in [0.4, 0.5) is 0 Å². The van der Waals surface area contributed by atoms with Gasteiger partial charge in [-0.2, -0.15) is 0 Å². The van der Waals surface area contributed by atoms with Gasteiger partial charge < -0.3 is 4.57 Å². The van der Waals surface area contributed by atoms with Crippen molar-refractivity contribution in [1.82, 2.24) is 14.8 Å². The van der Waals surface area contributed by atoms with Crippen LogP contribution < -0.4 is 0 Å². The van der Waals surface area contributed by atoms with Crippen LogP contribution in [-0.2, 0) is 11.8 Å². The molecule has 3 nitrogen and oxygen atoms in total. The van der Waals surface area contributed by atoms with Crippen molar-refractivity contribution < 1.29 is 0 Å². The average molecular weight is 354 g/mol. The molecule has 20 heavy (non-hydrogen) atoms. The Morgan fingerprint density at radius 1 is 1.35 bits per heavy atom. The van der Waals surface area contributed by atoms with Gasteiger partial charge in [-0.1, -0.05) is 6.92 Å². The maximum absolute atomic E-state index is 4.56. The van der Waals surface area contributed by atoms with E-state index in [0.29, 0.717) is 6.04 Å². The molecule has 0 saturated heterocycles. The molecule has 0 aliphatic heterocycles. The van der Waals surface area contributed by atoms with Crippen molar-refractivity contribution in [3.8, 4) is 0 Å². The van der Waals surface area contributed by atoms with Gasteiger partial charge in [0.2, 0.25) is 0 Å².